The number of aromatic hydroxyl groups is 1. The maximum absolute atomic E-state index is 10.1. The lowest BCUT2D eigenvalue weighted by molar-refractivity contribution is 0.183. The van der Waals surface area contributed by atoms with Crippen LogP contribution < -0.4 is 9.47 Å². The molecule has 0 bridgehead atoms. The number of benzene rings is 2. The van der Waals surface area contributed by atoms with Gasteiger partial charge in [-0.05, 0) is 86.2 Å². The summed E-state index contributed by atoms with van der Waals surface area (Å²) < 4.78 is 13.0. The minimum Gasteiger partial charge on any atom is -0.508 e. The Hall–Kier alpha value is -1.76. The number of thioether (sulfide) groups is 2. The number of allylic oxidation sites excluding steroid dienone is 1. The van der Waals surface area contributed by atoms with Crippen molar-refractivity contribution in [1.82, 2.24) is 4.90 Å². The lowest BCUT2D eigenvalue weighted by Gasteiger charge is -2.41. The lowest BCUT2D eigenvalue weighted by atomic mass is 9.80. The molecule has 34 heavy (non-hydrogen) atoms. The molecule has 0 amide bonds. The van der Waals surface area contributed by atoms with Crippen molar-refractivity contribution in [2.24, 2.45) is 0 Å². The molecule has 3 aliphatic heterocycles. The van der Waals surface area contributed by atoms with Crippen molar-refractivity contribution in [1.29, 1.82) is 0 Å². The minimum atomic E-state index is -0.106. The average Bonchev–Trinajstić information content (AvgIpc) is 3.32. The molecule has 2 aromatic carbocycles. The number of fused-ring (bicyclic) bond motifs is 2. The molecule has 2 fully saturated rings. The number of likely N-dealkylation sites (tertiary alicyclic amines) is 1. The molecule has 1 N–H and O–H groups in total. The maximum atomic E-state index is 10.1. The molecule has 1 aliphatic carbocycles. The van der Waals surface area contributed by atoms with Gasteiger partial charge in [0, 0.05) is 29.7 Å². The van der Waals surface area contributed by atoms with Gasteiger partial charge >= 0.3 is 0 Å². The molecule has 0 aromatic heterocycles. The summed E-state index contributed by atoms with van der Waals surface area (Å²) in [5, 5.41) is 10.1. The molecule has 0 saturated carbocycles. The smallest absolute Gasteiger partial charge is 0.146 e. The summed E-state index contributed by atoms with van der Waals surface area (Å²) in [6.07, 6.45) is 7.23. The summed E-state index contributed by atoms with van der Waals surface area (Å²) in [6.45, 7) is 4.14. The summed E-state index contributed by atoms with van der Waals surface area (Å²) >= 11 is 4.27. The maximum Gasteiger partial charge on any atom is 0.146 e. The predicted molar refractivity (Wildman–Crippen MR) is 142 cm³/mol. The van der Waals surface area contributed by atoms with E-state index in [9.17, 15) is 5.11 Å². The van der Waals surface area contributed by atoms with Crippen molar-refractivity contribution >= 4 is 29.1 Å². The topological polar surface area (TPSA) is 41.9 Å². The van der Waals surface area contributed by atoms with Gasteiger partial charge in [0.15, 0.2) is 0 Å². The molecule has 2 aromatic rings. The molecule has 4 aliphatic rings. The number of phenols is 1. The first-order valence-electron chi connectivity index (χ1n) is 12.6. The molecule has 6 rings (SSSR count). The average molecular weight is 496 g/mol. The van der Waals surface area contributed by atoms with Crippen LogP contribution in [-0.2, 0) is 0 Å². The zero-order valence-corrected chi connectivity index (χ0v) is 21.3. The minimum absolute atomic E-state index is 0.106. The van der Waals surface area contributed by atoms with Crippen LogP contribution in [0.3, 0.4) is 0 Å². The molecule has 3 heterocycles. The van der Waals surface area contributed by atoms with Gasteiger partial charge in [0.1, 0.15) is 30.0 Å². The van der Waals surface area contributed by atoms with Gasteiger partial charge in [0.2, 0.25) is 0 Å². The summed E-state index contributed by atoms with van der Waals surface area (Å²) in [5.41, 5.74) is 5.16. The van der Waals surface area contributed by atoms with Crippen molar-refractivity contribution in [3.05, 3.63) is 59.2 Å². The number of hydrogen-bond donors (Lipinski definition) is 1. The fraction of sp³-hybridized carbons (Fsp3) is 0.500. The van der Waals surface area contributed by atoms with Gasteiger partial charge in [-0.2, -0.15) is 0 Å². The monoisotopic (exact) mass is 495 g/mol. The van der Waals surface area contributed by atoms with Crippen LogP contribution >= 0.6 is 23.5 Å². The Balaban J connectivity index is 1.22. The normalized spacial score (nSPS) is 23.9. The second-order valence-electron chi connectivity index (χ2n) is 9.79. The molecule has 1 atom stereocenters. The van der Waals surface area contributed by atoms with E-state index in [2.05, 4.69) is 52.7 Å². The highest BCUT2D eigenvalue weighted by atomic mass is 32.2. The van der Waals surface area contributed by atoms with Gasteiger partial charge < -0.3 is 14.6 Å². The lowest BCUT2D eigenvalue weighted by Crippen LogP contribution is -2.33. The van der Waals surface area contributed by atoms with Crippen LogP contribution in [0.25, 0.3) is 5.57 Å². The van der Waals surface area contributed by atoms with E-state index in [0.717, 1.165) is 48.6 Å². The van der Waals surface area contributed by atoms with Gasteiger partial charge in [-0.3, -0.25) is 4.90 Å². The third-order valence-electron chi connectivity index (χ3n) is 7.58. The quantitative estimate of drug-likeness (QED) is 0.510. The molecule has 180 valence electrons. The number of hydrogen-bond acceptors (Lipinski definition) is 6. The zero-order valence-electron chi connectivity index (χ0n) is 19.6. The fourth-order valence-electron chi connectivity index (χ4n) is 5.80. The van der Waals surface area contributed by atoms with Crippen LogP contribution in [0.2, 0.25) is 0 Å². The van der Waals surface area contributed by atoms with E-state index < -0.39 is 0 Å². The van der Waals surface area contributed by atoms with Gasteiger partial charge in [0.05, 0.1) is 4.08 Å². The van der Waals surface area contributed by atoms with E-state index in [1.807, 2.05) is 6.07 Å². The van der Waals surface area contributed by atoms with Crippen LogP contribution in [0.5, 0.6) is 17.2 Å². The Kier molecular flexibility index (Phi) is 6.48. The predicted octanol–water partition coefficient (Wildman–Crippen LogP) is 6.50. The molecule has 4 nitrogen and oxygen atoms in total. The highest BCUT2D eigenvalue weighted by molar-refractivity contribution is 8.21. The van der Waals surface area contributed by atoms with E-state index >= 15 is 0 Å². The number of ether oxygens (including phenoxy) is 2. The highest BCUT2D eigenvalue weighted by Crippen LogP contribution is 2.59. The molecule has 0 radical (unpaired) electrons. The Bertz CT molecular complexity index is 1060. The first-order chi connectivity index (χ1) is 16.7. The van der Waals surface area contributed by atoms with E-state index in [-0.39, 0.29) is 11.9 Å². The second kappa shape index (κ2) is 9.71. The summed E-state index contributed by atoms with van der Waals surface area (Å²) in [4.78, 5) is 2.51. The van der Waals surface area contributed by atoms with Crippen LogP contribution in [-0.4, -0.2) is 51.8 Å². The molecule has 6 heteroatoms. The summed E-state index contributed by atoms with van der Waals surface area (Å²) in [7, 11) is 0. The highest BCUT2D eigenvalue weighted by Gasteiger charge is 2.44. The van der Waals surface area contributed by atoms with Gasteiger partial charge in [0.25, 0.3) is 0 Å². The largest absolute Gasteiger partial charge is 0.508 e. The van der Waals surface area contributed by atoms with Crippen LogP contribution in [0, 0.1) is 0 Å². The summed E-state index contributed by atoms with van der Waals surface area (Å²) in [6, 6.07) is 14.1. The first kappa shape index (κ1) is 22.7. The summed E-state index contributed by atoms with van der Waals surface area (Å²) in [5.74, 6) is 4.46. The molecule has 1 unspecified atom stereocenters. The fourth-order valence-corrected chi connectivity index (χ4v) is 9.05. The third-order valence-corrected chi connectivity index (χ3v) is 11.1. The Morgan fingerprint density at radius 2 is 1.82 bits per heavy atom. The Morgan fingerprint density at radius 3 is 2.62 bits per heavy atom. The number of piperidine rings is 1. The number of nitrogens with zero attached hydrogens (tertiary/aromatic N) is 1. The van der Waals surface area contributed by atoms with Crippen LogP contribution in [0.15, 0.2) is 48.0 Å². The number of rotatable bonds is 5. The van der Waals surface area contributed by atoms with E-state index in [0.29, 0.717) is 4.08 Å². The van der Waals surface area contributed by atoms with Crippen LogP contribution in [0.1, 0.15) is 55.8 Å². The van der Waals surface area contributed by atoms with Gasteiger partial charge in [-0.1, -0.05) is 18.6 Å². The molecular weight excluding hydrogens is 462 g/mol. The van der Waals surface area contributed by atoms with Gasteiger partial charge in [-0.25, -0.2) is 0 Å². The SMILES string of the molecule is Oc1ccc2c(c1)OC(c1ccc(OCCN3CCCCC3)cc1)C1=C2CCC2(C1)SCCS2. The zero-order chi connectivity index (χ0) is 23.0. The van der Waals surface area contributed by atoms with E-state index in [4.69, 9.17) is 9.47 Å². The van der Waals surface area contributed by atoms with Crippen LogP contribution in [0.4, 0.5) is 0 Å². The third kappa shape index (κ3) is 4.57. The van der Waals surface area contributed by atoms with Gasteiger partial charge in [-0.15, -0.1) is 23.5 Å². The second-order valence-corrected chi connectivity index (χ2v) is 13.0. The van der Waals surface area contributed by atoms with Crippen molar-refractivity contribution in [3.8, 4) is 17.2 Å². The Morgan fingerprint density at radius 1 is 1.03 bits per heavy atom. The van der Waals surface area contributed by atoms with E-state index in [1.54, 1.807) is 12.1 Å². The molecule has 2 saturated heterocycles. The standard InChI is InChI=1S/C28H33NO3S2/c30-21-6-9-24-23-10-11-28(33-16-17-34-28)19-25(23)27(32-26(24)18-21)20-4-7-22(8-5-20)31-15-14-29-12-2-1-3-13-29/h4-9,18,27,30H,1-3,10-17,19H2. The van der Waals surface area contributed by atoms with Crippen molar-refractivity contribution < 1.29 is 14.6 Å². The van der Waals surface area contributed by atoms with Crippen molar-refractivity contribution in [3.63, 3.8) is 0 Å². The first-order valence-corrected chi connectivity index (χ1v) is 14.6. The van der Waals surface area contributed by atoms with Crippen molar-refractivity contribution in [2.75, 3.05) is 37.7 Å². The van der Waals surface area contributed by atoms with E-state index in [1.165, 1.54) is 61.4 Å². The number of phenolic OH excluding ortho intramolecular Hbond substituents is 1. The Labute approximate surface area is 211 Å². The molecular formula is C28H33NO3S2. The molecule has 1 spiro atoms. The van der Waals surface area contributed by atoms with Crippen molar-refractivity contribution in [2.45, 2.75) is 48.7 Å².